The van der Waals surface area contributed by atoms with E-state index in [9.17, 15) is 4.79 Å². The van der Waals surface area contributed by atoms with Crippen molar-refractivity contribution in [3.63, 3.8) is 0 Å². The van der Waals surface area contributed by atoms with Gasteiger partial charge in [0.2, 0.25) is 5.88 Å². The van der Waals surface area contributed by atoms with Crippen molar-refractivity contribution < 1.29 is 9.32 Å². The van der Waals surface area contributed by atoms with Crippen LogP contribution in [0.25, 0.3) is 0 Å². The molecule has 0 unspecified atom stereocenters. The lowest BCUT2D eigenvalue weighted by atomic mass is 9.87. The predicted octanol–water partition coefficient (Wildman–Crippen LogP) is 5.13. The lowest BCUT2D eigenvalue weighted by molar-refractivity contribution is 0.254. The third kappa shape index (κ3) is 4.31. The van der Waals surface area contributed by atoms with Gasteiger partial charge in [0.25, 0.3) is 0 Å². The van der Waals surface area contributed by atoms with Crippen LogP contribution >= 0.6 is 11.8 Å². The highest BCUT2D eigenvalue weighted by molar-refractivity contribution is 7.99. The number of hydrogen-bond acceptors (Lipinski definition) is 5. The van der Waals surface area contributed by atoms with Gasteiger partial charge in [0.15, 0.2) is 0 Å². The zero-order valence-electron chi connectivity index (χ0n) is 15.5. The number of pyridine rings is 1. The molecule has 2 aromatic heterocycles. The van der Waals surface area contributed by atoms with E-state index in [0.29, 0.717) is 11.6 Å². The van der Waals surface area contributed by atoms with E-state index in [1.54, 1.807) is 30.2 Å². The number of nitrogens with zero attached hydrogens (tertiary/aromatic N) is 3. The molecule has 0 saturated carbocycles. The minimum absolute atomic E-state index is 0.149. The van der Waals surface area contributed by atoms with E-state index < -0.39 is 6.03 Å². The first kappa shape index (κ1) is 19.0. The van der Waals surface area contributed by atoms with Gasteiger partial charge in [-0.2, -0.15) is 0 Å². The fourth-order valence-corrected chi connectivity index (χ4v) is 3.32. The summed E-state index contributed by atoms with van der Waals surface area (Å²) in [6, 6.07) is 12.6. The van der Waals surface area contributed by atoms with Gasteiger partial charge in [-0.05, 0) is 36.8 Å². The summed E-state index contributed by atoms with van der Waals surface area (Å²) in [5.41, 5.74) is 6.90. The fraction of sp³-hybridized carbons (Fsp3) is 0.250. The second-order valence-corrected chi connectivity index (χ2v) is 7.89. The number of urea groups is 1. The topological polar surface area (TPSA) is 85.2 Å². The molecule has 3 aromatic rings. The predicted molar refractivity (Wildman–Crippen MR) is 106 cm³/mol. The molecular weight excluding hydrogens is 360 g/mol. The summed E-state index contributed by atoms with van der Waals surface area (Å²) >= 11 is 1.57. The third-order valence-corrected chi connectivity index (χ3v) is 5.47. The molecule has 3 rings (SSSR count). The van der Waals surface area contributed by atoms with E-state index in [-0.39, 0.29) is 5.41 Å². The van der Waals surface area contributed by atoms with Gasteiger partial charge in [-0.15, -0.1) is 0 Å². The average molecular weight is 382 g/mol. The maximum atomic E-state index is 12.1. The monoisotopic (exact) mass is 382 g/mol. The van der Waals surface area contributed by atoms with Crippen LogP contribution in [0.15, 0.2) is 69.2 Å². The molecule has 0 bridgehead atoms. The first-order valence-electron chi connectivity index (χ1n) is 8.65. The molecule has 1 aromatic carbocycles. The summed E-state index contributed by atoms with van der Waals surface area (Å²) in [6.45, 7) is 6.24. The van der Waals surface area contributed by atoms with Crippen LogP contribution in [0, 0.1) is 0 Å². The van der Waals surface area contributed by atoms with E-state index in [2.05, 4.69) is 30.9 Å². The Morgan fingerprint density at radius 3 is 2.59 bits per heavy atom. The number of aromatic nitrogens is 2. The summed E-state index contributed by atoms with van der Waals surface area (Å²) in [6.07, 6.45) is 4.38. The second kappa shape index (κ2) is 7.84. The largest absolute Gasteiger partial charge is 0.351 e. The Morgan fingerprint density at radius 1 is 1.19 bits per heavy atom. The van der Waals surface area contributed by atoms with E-state index in [0.717, 1.165) is 21.9 Å². The number of benzene rings is 1. The highest BCUT2D eigenvalue weighted by Crippen LogP contribution is 2.35. The third-order valence-electron chi connectivity index (χ3n) is 4.48. The Bertz CT molecular complexity index is 924. The van der Waals surface area contributed by atoms with Crippen molar-refractivity contribution in [1.82, 2.24) is 10.1 Å². The minimum Gasteiger partial charge on any atom is -0.351 e. The van der Waals surface area contributed by atoms with Crippen molar-refractivity contribution in [3.05, 3.63) is 60.6 Å². The molecular formula is C20H22N4O2S. The SMILES string of the molecule is CCC(C)(C)c1cc(N(C(N)=O)c2cccc(Sc3ccncc3)c2)on1. The van der Waals surface area contributed by atoms with Crippen LogP contribution in [0.2, 0.25) is 0 Å². The molecule has 27 heavy (non-hydrogen) atoms. The summed E-state index contributed by atoms with van der Waals surface area (Å²) in [4.78, 5) is 19.5. The van der Waals surface area contributed by atoms with Crippen LogP contribution in [0.4, 0.5) is 16.4 Å². The number of hydrogen-bond donors (Lipinski definition) is 1. The van der Waals surface area contributed by atoms with Gasteiger partial charge < -0.3 is 10.3 Å². The zero-order valence-corrected chi connectivity index (χ0v) is 16.4. The van der Waals surface area contributed by atoms with E-state index in [1.807, 2.05) is 36.4 Å². The average Bonchev–Trinajstić information content (AvgIpc) is 3.13. The maximum Gasteiger partial charge on any atom is 0.326 e. The lowest BCUT2D eigenvalue weighted by Gasteiger charge is -2.19. The molecule has 2 amide bonds. The number of anilines is 2. The Balaban J connectivity index is 1.92. The van der Waals surface area contributed by atoms with Gasteiger partial charge in [-0.3, -0.25) is 4.98 Å². The van der Waals surface area contributed by atoms with E-state index >= 15 is 0 Å². The molecule has 2 heterocycles. The van der Waals surface area contributed by atoms with Gasteiger partial charge in [0.05, 0.1) is 11.4 Å². The number of carbonyl (C=O) groups excluding carboxylic acids is 1. The van der Waals surface area contributed by atoms with Gasteiger partial charge >= 0.3 is 6.03 Å². The fourth-order valence-electron chi connectivity index (χ4n) is 2.46. The molecule has 0 aliphatic carbocycles. The molecule has 0 saturated heterocycles. The molecule has 0 fully saturated rings. The quantitative estimate of drug-likeness (QED) is 0.639. The summed E-state index contributed by atoms with van der Waals surface area (Å²) in [7, 11) is 0. The molecule has 7 heteroatoms. The number of rotatable bonds is 6. The lowest BCUT2D eigenvalue weighted by Crippen LogP contribution is -2.31. The van der Waals surface area contributed by atoms with Gasteiger partial charge in [-0.1, -0.05) is 43.8 Å². The Kier molecular flexibility index (Phi) is 5.51. The van der Waals surface area contributed by atoms with Gasteiger partial charge in [0.1, 0.15) is 0 Å². The molecule has 0 aliphatic rings. The van der Waals surface area contributed by atoms with Crippen LogP contribution in [-0.4, -0.2) is 16.2 Å². The van der Waals surface area contributed by atoms with Crippen LogP contribution in [0.5, 0.6) is 0 Å². The first-order valence-corrected chi connectivity index (χ1v) is 9.47. The number of nitrogens with two attached hydrogens (primary N) is 1. The van der Waals surface area contributed by atoms with E-state index in [1.165, 1.54) is 4.90 Å². The van der Waals surface area contributed by atoms with Crippen molar-refractivity contribution in [1.29, 1.82) is 0 Å². The molecule has 0 aliphatic heterocycles. The van der Waals surface area contributed by atoms with Crippen molar-refractivity contribution in [2.24, 2.45) is 5.73 Å². The van der Waals surface area contributed by atoms with Crippen LogP contribution in [0.1, 0.15) is 32.9 Å². The van der Waals surface area contributed by atoms with Crippen LogP contribution < -0.4 is 10.6 Å². The Morgan fingerprint density at radius 2 is 1.93 bits per heavy atom. The smallest absolute Gasteiger partial charge is 0.326 e. The van der Waals surface area contributed by atoms with Gasteiger partial charge in [-0.25, -0.2) is 9.69 Å². The van der Waals surface area contributed by atoms with Gasteiger partial charge in [0, 0.05) is 33.7 Å². The highest BCUT2D eigenvalue weighted by Gasteiger charge is 2.26. The molecule has 0 atom stereocenters. The van der Waals surface area contributed by atoms with Crippen LogP contribution in [-0.2, 0) is 5.41 Å². The number of amides is 2. The molecule has 0 radical (unpaired) electrons. The molecule has 6 nitrogen and oxygen atoms in total. The maximum absolute atomic E-state index is 12.1. The first-order chi connectivity index (χ1) is 12.9. The molecule has 2 N–H and O–H groups in total. The number of primary amides is 1. The highest BCUT2D eigenvalue weighted by atomic mass is 32.2. The van der Waals surface area contributed by atoms with Crippen molar-refractivity contribution in [3.8, 4) is 0 Å². The Hall–Kier alpha value is -2.80. The van der Waals surface area contributed by atoms with Crippen molar-refractivity contribution in [2.45, 2.75) is 42.4 Å². The standard InChI is InChI=1S/C20H22N4O2S/c1-4-20(2,3)17-13-18(26-23-17)24(19(21)25)14-6-5-7-16(12-14)27-15-8-10-22-11-9-15/h5-13H,4H2,1-3H3,(H2,21,25). The minimum atomic E-state index is -0.627. The zero-order chi connectivity index (χ0) is 19.4. The number of carbonyl (C=O) groups is 1. The van der Waals surface area contributed by atoms with E-state index in [4.69, 9.17) is 10.3 Å². The van der Waals surface area contributed by atoms with Crippen LogP contribution in [0.3, 0.4) is 0 Å². The molecule has 0 spiro atoms. The summed E-state index contributed by atoms with van der Waals surface area (Å²) in [5.74, 6) is 0.310. The summed E-state index contributed by atoms with van der Waals surface area (Å²) < 4.78 is 5.45. The molecule has 140 valence electrons. The normalized spacial score (nSPS) is 11.4. The second-order valence-electron chi connectivity index (χ2n) is 6.74. The van der Waals surface area contributed by atoms with Crippen molar-refractivity contribution >= 4 is 29.4 Å². The summed E-state index contributed by atoms with van der Waals surface area (Å²) in [5, 5.41) is 4.14. The Labute approximate surface area is 162 Å². The van der Waals surface area contributed by atoms with Crippen molar-refractivity contribution in [2.75, 3.05) is 4.90 Å².